The number of aliphatic hydroxyl groups excluding tert-OH is 6. The lowest BCUT2D eigenvalue weighted by Crippen LogP contribution is -2.40. The average Bonchev–Trinajstić information content (AvgIpc) is 0.744. The summed E-state index contributed by atoms with van der Waals surface area (Å²) in [6, 6.07) is 2.40. The van der Waals surface area contributed by atoms with Crippen LogP contribution in [-0.2, 0) is 19.2 Å². The van der Waals surface area contributed by atoms with Gasteiger partial charge in [0.05, 0.1) is 58.2 Å². The molecule has 4 aliphatic heterocycles. The van der Waals surface area contributed by atoms with Crippen molar-refractivity contribution in [2.75, 3.05) is 12.3 Å². The highest BCUT2D eigenvalue weighted by Gasteiger charge is 2.42. The normalized spacial score (nSPS) is 26.5. The molecule has 11 N–H and O–H groups in total. The number of aromatic hydroxyl groups is 2. The number of allylic oxidation sites excluding steroid dienone is 16. The molecule has 0 aromatic heterocycles. The van der Waals surface area contributed by atoms with E-state index in [1.54, 1.807) is 116 Å². The van der Waals surface area contributed by atoms with Gasteiger partial charge in [-0.25, -0.2) is 0 Å². The maximum absolute atomic E-state index is 15.4. The van der Waals surface area contributed by atoms with Gasteiger partial charge in [0.15, 0.2) is 23.1 Å². The number of hydrogen-bond acceptors (Lipinski definition) is 20. The Bertz CT molecular complexity index is 3980. The molecular formula is C82H97N3O18S. The number of hydrogen-bond donors (Lipinski definition) is 11. The van der Waals surface area contributed by atoms with Crippen LogP contribution in [0, 0.1) is 49.4 Å². The predicted octanol–water partition coefficient (Wildman–Crippen LogP) is 10.2. The zero-order valence-corrected chi connectivity index (χ0v) is 62.1. The standard InChI is InChI=1S/C82H97N3O18S/c1-41-21-17-15-19-23-47(7)81(102)84-68-67(78(100)63-57(76(68)98)37-53(13)74(96)65(63)72(94)51(11)35-49(9)70(92)45(5)27-31-55(86)29-25-43(3)61(90)39-59(41)88)83-33-34-104-80-69-77(99)58-38-54(14)75(97)66(64(58)79(80)101)73(95)52(12)36-50(10)71(93)46(6)28-32-56(87)30-26-44(4)62(91)40-60(89)42(2)22-18-16-20-24-48(8)82(103)85-69/h15-28,31-32,35-38,41-42,45-46,49-50,55-56,59-60,70-71,83,86-89,92-93,96-97H,29-30,33-34,39-40H2,1-14H3,(H,84,102)(H,85,103). The van der Waals surface area contributed by atoms with E-state index in [-0.39, 0.29) is 87.5 Å². The van der Waals surface area contributed by atoms with Crippen LogP contribution in [0.1, 0.15) is 182 Å². The highest BCUT2D eigenvalue weighted by atomic mass is 32.2. The number of aryl methyl sites for hydroxylation is 2. The molecule has 21 nitrogen and oxygen atoms in total. The van der Waals surface area contributed by atoms with Gasteiger partial charge in [-0.2, -0.15) is 0 Å². The number of rotatable bonds is 5. The molecule has 22 heteroatoms. The van der Waals surface area contributed by atoms with Crippen molar-refractivity contribution >= 4 is 69.8 Å². The first-order valence-electron chi connectivity index (χ1n) is 34.6. The van der Waals surface area contributed by atoms with Crippen LogP contribution in [0.3, 0.4) is 0 Å². The van der Waals surface area contributed by atoms with E-state index in [0.29, 0.717) is 22.9 Å². The molecule has 2 aromatic rings. The second kappa shape index (κ2) is 37.4. The first-order chi connectivity index (χ1) is 48.9. The summed E-state index contributed by atoms with van der Waals surface area (Å²) >= 11 is 0.667. The van der Waals surface area contributed by atoms with E-state index in [1.165, 1.54) is 102 Å². The number of phenolic OH excluding ortho intramolecular Hbond substituents is 2. The highest BCUT2D eigenvalue weighted by molar-refractivity contribution is 8.04. The molecule has 554 valence electrons. The molecule has 12 atom stereocenters. The number of carbonyl (C=O) groups excluding carboxylic acids is 10. The molecule has 0 saturated carbocycles. The van der Waals surface area contributed by atoms with Crippen molar-refractivity contribution in [2.45, 2.75) is 159 Å². The van der Waals surface area contributed by atoms with Crippen LogP contribution in [0.4, 0.5) is 0 Å². The zero-order chi connectivity index (χ0) is 77.5. The fourth-order valence-electron chi connectivity index (χ4n) is 11.9. The minimum absolute atomic E-state index is 0.00461. The topological polar surface area (TPSA) is 369 Å². The Labute approximate surface area is 611 Å². The summed E-state index contributed by atoms with van der Waals surface area (Å²) in [5, 5.41) is 98.2. The molecule has 0 saturated heterocycles. The van der Waals surface area contributed by atoms with Crippen LogP contribution < -0.4 is 16.0 Å². The Morgan fingerprint density at radius 1 is 0.423 bits per heavy atom. The molecule has 0 spiro atoms. The van der Waals surface area contributed by atoms with Crippen molar-refractivity contribution in [2.24, 2.45) is 35.5 Å². The smallest absolute Gasteiger partial charge is 0.251 e. The number of thioether (sulfide) groups is 1. The van der Waals surface area contributed by atoms with Crippen molar-refractivity contribution in [3.63, 3.8) is 0 Å². The van der Waals surface area contributed by atoms with Crippen LogP contribution in [0.5, 0.6) is 11.5 Å². The predicted molar refractivity (Wildman–Crippen MR) is 399 cm³/mol. The molecule has 0 radical (unpaired) electrons. The third-order valence-corrected chi connectivity index (χ3v) is 20.0. The van der Waals surface area contributed by atoms with Gasteiger partial charge in [0.25, 0.3) is 11.8 Å². The van der Waals surface area contributed by atoms with Crippen LogP contribution in [0.2, 0.25) is 0 Å². The van der Waals surface area contributed by atoms with Gasteiger partial charge in [-0.15, -0.1) is 11.8 Å². The maximum atomic E-state index is 15.4. The van der Waals surface area contributed by atoms with E-state index in [1.807, 2.05) is 0 Å². The van der Waals surface area contributed by atoms with Crippen LogP contribution in [0.15, 0.2) is 177 Å². The molecule has 2 aromatic carbocycles. The Balaban J connectivity index is 1.47. The number of amides is 2. The highest BCUT2D eigenvalue weighted by Crippen LogP contribution is 2.41. The first kappa shape index (κ1) is 83.6. The van der Waals surface area contributed by atoms with Crippen molar-refractivity contribution in [1.82, 2.24) is 16.0 Å². The number of benzene rings is 2. The van der Waals surface area contributed by atoms with Crippen LogP contribution in [0.25, 0.3) is 0 Å². The molecule has 4 heterocycles. The molecule has 6 aliphatic rings. The minimum atomic E-state index is -1.16. The summed E-state index contributed by atoms with van der Waals surface area (Å²) in [4.78, 5) is 145. The Morgan fingerprint density at radius 3 is 1.24 bits per heavy atom. The lowest BCUT2D eigenvalue weighted by atomic mass is 9.82. The number of carbonyl (C=O) groups is 10. The molecule has 8 rings (SSSR count). The second-order valence-corrected chi connectivity index (χ2v) is 28.5. The third-order valence-electron chi connectivity index (χ3n) is 18.9. The van der Waals surface area contributed by atoms with Gasteiger partial charge < -0.3 is 56.8 Å². The van der Waals surface area contributed by atoms with E-state index in [0.717, 1.165) is 0 Å². The summed E-state index contributed by atoms with van der Waals surface area (Å²) < 4.78 is 0. The Kier molecular flexibility index (Phi) is 30.0. The molecule has 2 aliphatic carbocycles. The molecule has 8 bridgehead atoms. The zero-order valence-electron chi connectivity index (χ0n) is 61.3. The van der Waals surface area contributed by atoms with E-state index >= 15 is 19.2 Å². The molecule has 2 amide bonds. The number of ketones is 8. The van der Waals surface area contributed by atoms with E-state index in [4.69, 9.17) is 0 Å². The van der Waals surface area contributed by atoms with E-state index in [2.05, 4.69) is 16.0 Å². The van der Waals surface area contributed by atoms with Gasteiger partial charge in [-0.3, -0.25) is 47.9 Å². The Morgan fingerprint density at radius 2 is 0.817 bits per heavy atom. The van der Waals surface area contributed by atoms with Crippen LogP contribution in [-0.4, -0.2) is 148 Å². The SMILES string of the molecule is CC1=CCC(O)C=CC(C)C(O)C(C)C=C(C)C(=O)c2c(O)c(C)cc3c2C(=O)C(NCCSC2=C4NC(=O)C(C)=CC=CC=CC(C)C(O)CC(=O)C(C)=CCC(O)C=CC(C)C(O)C(C)C=C(C)C(=O)c5c(O)c(C)cc(c5C2=O)C4=O)=C(NC(=O)C(C)=CC=CC=CC(C)C(O)CC1=O)C3=O. The van der Waals surface area contributed by atoms with E-state index < -0.39 is 181 Å². The van der Waals surface area contributed by atoms with Crippen molar-refractivity contribution in [3.8, 4) is 11.5 Å². The molecular weight excluding hydrogens is 1350 g/mol. The van der Waals surface area contributed by atoms with Gasteiger partial charge in [-0.1, -0.05) is 151 Å². The fourth-order valence-corrected chi connectivity index (χ4v) is 12.9. The fraction of sp³-hybridized carbons (Fsp3) is 0.390. The largest absolute Gasteiger partial charge is 0.507 e. The van der Waals surface area contributed by atoms with Crippen molar-refractivity contribution in [1.29, 1.82) is 0 Å². The number of fused-ring (bicyclic) bond motifs is 36. The number of nitrogens with one attached hydrogen (secondary N) is 3. The average molecular weight is 1440 g/mol. The quantitative estimate of drug-likeness (QED) is 0.0979. The molecule has 0 fully saturated rings. The summed E-state index contributed by atoms with van der Waals surface area (Å²) in [6.45, 7) is 21.2. The van der Waals surface area contributed by atoms with Crippen LogP contribution >= 0.6 is 11.8 Å². The first-order valence-corrected chi connectivity index (χ1v) is 35.6. The second-order valence-electron chi connectivity index (χ2n) is 27.4. The maximum Gasteiger partial charge on any atom is 0.251 e. The lowest BCUT2D eigenvalue weighted by molar-refractivity contribution is -0.118. The summed E-state index contributed by atoms with van der Waals surface area (Å²) in [5.41, 5.74) is -3.98. The third kappa shape index (κ3) is 20.7. The lowest BCUT2D eigenvalue weighted by Gasteiger charge is -2.26. The van der Waals surface area contributed by atoms with Gasteiger partial charge in [0.1, 0.15) is 28.6 Å². The number of phenols is 2. The molecule has 12 unspecified atom stereocenters. The van der Waals surface area contributed by atoms with Gasteiger partial charge in [0.2, 0.25) is 23.1 Å². The van der Waals surface area contributed by atoms with E-state index in [9.17, 15) is 69.6 Å². The van der Waals surface area contributed by atoms with Gasteiger partial charge in [-0.05, 0) is 114 Å². The summed E-state index contributed by atoms with van der Waals surface area (Å²) in [7, 11) is 0. The minimum Gasteiger partial charge on any atom is -0.507 e. The van der Waals surface area contributed by atoms with Gasteiger partial charge in [0, 0.05) is 88.5 Å². The van der Waals surface area contributed by atoms with Gasteiger partial charge >= 0.3 is 0 Å². The van der Waals surface area contributed by atoms with Crippen molar-refractivity contribution in [3.05, 3.63) is 221 Å². The monoisotopic (exact) mass is 1440 g/mol. The van der Waals surface area contributed by atoms with Crippen molar-refractivity contribution < 1.29 is 88.8 Å². The molecule has 104 heavy (non-hydrogen) atoms. The summed E-state index contributed by atoms with van der Waals surface area (Å²) in [5.74, 6) is -13.6. The Hall–Kier alpha value is -9.39. The number of aliphatic hydroxyl groups is 6. The number of Topliss-reactive ketones (excluding diaryl/α,β-unsaturated/α-hetero) is 8. The summed E-state index contributed by atoms with van der Waals surface area (Å²) in [6.07, 6.45) is 20.5.